The predicted octanol–water partition coefficient (Wildman–Crippen LogP) is 5.70. The molecule has 3 amide bonds. The molecule has 3 aromatic carbocycles. The molecule has 3 aromatic rings. The zero-order valence-electron chi connectivity index (χ0n) is 23.7. The van der Waals surface area contributed by atoms with Crippen molar-refractivity contribution >= 4 is 23.3 Å². The maximum absolute atomic E-state index is 13.7. The number of likely N-dealkylation sites (N-methyl/N-ethyl adjacent to an activating group) is 1. The highest BCUT2D eigenvalue weighted by atomic mass is 19.4. The van der Waals surface area contributed by atoms with Gasteiger partial charge in [0.05, 0.1) is 23.8 Å². The Morgan fingerprint density at radius 1 is 1.07 bits per heavy atom. The van der Waals surface area contributed by atoms with Crippen molar-refractivity contribution in [1.29, 1.82) is 0 Å². The Balaban J connectivity index is 1.53. The standard InChI is InChI=1S/C31H35F3N4O4/c1-20-16-38(21(2)19-39)29(40)26-15-25(36-30(41)35-24-11-9-23(10-12-24)31(32,33)34)13-14-27(26)42-28(20)18-37(3)17-22-7-5-4-6-8-22/h4-15,20-21,28,39H,16-19H2,1-3H3,(H2,35,36,41)/t20-,21+,28+/m0/s1. The highest BCUT2D eigenvalue weighted by molar-refractivity contribution is 6.02. The van der Waals surface area contributed by atoms with E-state index < -0.39 is 23.8 Å². The number of hydrogen-bond acceptors (Lipinski definition) is 5. The van der Waals surface area contributed by atoms with Crippen LogP contribution in [0.3, 0.4) is 0 Å². The van der Waals surface area contributed by atoms with E-state index in [1.54, 1.807) is 24.0 Å². The molecule has 3 N–H and O–H groups in total. The molecule has 11 heteroatoms. The Bertz CT molecular complexity index is 1370. The number of aliphatic hydroxyl groups excluding tert-OH is 1. The highest BCUT2D eigenvalue weighted by Gasteiger charge is 2.34. The van der Waals surface area contributed by atoms with E-state index in [1.807, 2.05) is 32.2 Å². The number of rotatable bonds is 8. The number of nitrogens with one attached hydrogen (secondary N) is 2. The molecule has 8 nitrogen and oxygen atoms in total. The molecule has 1 aliphatic rings. The van der Waals surface area contributed by atoms with Crippen molar-refractivity contribution in [2.75, 3.05) is 37.4 Å². The van der Waals surface area contributed by atoms with Crippen molar-refractivity contribution in [3.63, 3.8) is 0 Å². The monoisotopic (exact) mass is 584 g/mol. The van der Waals surface area contributed by atoms with Gasteiger partial charge in [0.15, 0.2) is 0 Å². The Kier molecular flexibility index (Phi) is 9.74. The SMILES string of the molecule is C[C@H](CO)N1C[C@H](C)[C@@H](CN(C)Cc2ccccc2)Oc2ccc(NC(=O)Nc3ccc(C(F)(F)F)cc3)cc2C1=O. The summed E-state index contributed by atoms with van der Waals surface area (Å²) in [6.45, 7) is 5.21. The van der Waals surface area contributed by atoms with Crippen LogP contribution in [0.15, 0.2) is 72.8 Å². The number of alkyl halides is 3. The molecule has 0 saturated heterocycles. The lowest BCUT2D eigenvalue weighted by atomic mass is 9.99. The molecule has 0 spiro atoms. The van der Waals surface area contributed by atoms with Crippen molar-refractivity contribution in [2.24, 2.45) is 5.92 Å². The Morgan fingerprint density at radius 2 is 1.71 bits per heavy atom. The van der Waals surface area contributed by atoms with Crippen LogP contribution in [0.5, 0.6) is 5.75 Å². The van der Waals surface area contributed by atoms with Gasteiger partial charge < -0.3 is 25.4 Å². The Morgan fingerprint density at radius 3 is 2.36 bits per heavy atom. The summed E-state index contributed by atoms with van der Waals surface area (Å²) in [4.78, 5) is 30.0. The molecular weight excluding hydrogens is 549 g/mol. The van der Waals surface area contributed by atoms with Crippen molar-refractivity contribution in [1.82, 2.24) is 9.80 Å². The van der Waals surface area contributed by atoms with E-state index in [-0.39, 0.29) is 41.5 Å². The lowest BCUT2D eigenvalue weighted by molar-refractivity contribution is -0.137. The van der Waals surface area contributed by atoms with Crippen LogP contribution in [-0.2, 0) is 12.7 Å². The first-order chi connectivity index (χ1) is 19.9. The van der Waals surface area contributed by atoms with Crippen LogP contribution in [0, 0.1) is 5.92 Å². The summed E-state index contributed by atoms with van der Waals surface area (Å²) in [6, 6.07) is 17.7. The van der Waals surface area contributed by atoms with E-state index in [1.165, 1.54) is 6.07 Å². The molecular formula is C31H35F3N4O4. The third kappa shape index (κ3) is 7.80. The van der Waals surface area contributed by atoms with Gasteiger partial charge in [0.2, 0.25) is 0 Å². The number of ether oxygens (including phenoxy) is 1. The number of urea groups is 1. The van der Waals surface area contributed by atoms with Crippen molar-refractivity contribution < 1.29 is 32.6 Å². The summed E-state index contributed by atoms with van der Waals surface area (Å²) >= 11 is 0. The minimum absolute atomic E-state index is 0.0540. The molecule has 3 atom stereocenters. The van der Waals surface area contributed by atoms with Crippen LogP contribution in [0.2, 0.25) is 0 Å². The molecule has 0 unspecified atom stereocenters. The van der Waals surface area contributed by atoms with Crippen molar-refractivity contribution in [3.05, 3.63) is 89.5 Å². The molecule has 0 bridgehead atoms. The smallest absolute Gasteiger partial charge is 0.416 e. The maximum Gasteiger partial charge on any atom is 0.416 e. The second kappa shape index (κ2) is 13.3. The zero-order chi connectivity index (χ0) is 30.4. The predicted molar refractivity (Wildman–Crippen MR) is 154 cm³/mol. The summed E-state index contributed by atoms with van der Waals surface area (Å²) < 4.78 is 44.9. The van der Waals surface area contributed by atoms with Crippen molar-refractivity contribution in [3.8, 4) is 5.75 Å². The van der Waals surface area contributed by atoms with Gasteiger partial charge in [-0.25, -0.2) is 4.79 Å². The molecule has 0 aliphatic carbocycles. The Hall–Kier alpha value is -4.09. The van der Waals surface area contributed by atoms with Crippen LogP contribution in [0.25, 0.3) is 0 Å². The molecule has 0 radical (unpaired) electrons. The van der Waals surface area contributed by atoms with Gasteiger partial charge in [0.25, 0.3) is 5.91 Å². The Labute approximate surface area is 243 Å². The minimum atomic E-state index is -4.48. The number of aliphatic hydroxyl groups is 1. The fourth-order valence-electron chi connectivity index (χ4n) is 4.82. The number of anilines is 2. The second-order valence-corrected chi connectivity index (χ2v) is 10.7. The highest BCUT2D eigenvalue weighted by Crippen LogP contribution is 2.32. The van der Waals surface area contributed by atoms with Gasteiger partial charge in [-0.15, -0.1) is 0 Å². The number of hydrogen-bond donors (Lipinski definition) is 3. The lowest BCUT2D eigenvalue weighted by Gasteiger charge is -2.38. The minimum Gasteiger partial charge on any atom is -0.488 e. The molecule has 0 fully saturated rings. The molecule has 1 heterocycles. The quantitative estimate of drug-likeness (QED) is 0.316. The van der Waals surface area contributed by atoms with Gasteiger partial charge in [0, 0.05) is 36.9 Å². The summed E-state index contributed by atoms with van der Waals surface area (Å²) in [5.41, 5.74) is 1.03. The average Bonchev–Trinajstić information content (AvgIpc) is 2.95. The van der Waals surface area contributed by atoms with Crippen LogP contribution in [0.4, 0.5) is 29.3 Å². The molecule has 42 heavy (non-hydrogen) atoms. The number of benzene rings is 3. The van der Waals surface area contributed by atoms with Crippen LogP contribution in [-0.4, -0.2) is 65.7 Å². The molecule has 224 valence electrons. The maximum atomic E-state index is 13.7. The van der Waals surface area contributed by atoms with Gasteiger partial charge in [-0.05, 0) is 62.0 Å². The molecule has 1 aliphatic heterocycles. The van der Waals surface area contributed by atoms with E-state index in [0.29, 0.717) is 25.4 Å². The first-order valence-corrected chi connectivity index (χ1v) is 13.6. The van der Waals surface area contributed by atoms with E-state index >= 15 is 0 Å². The van der Waals surface area contributed by atoms with Gasteiger partial charge in [-0.1, -0.05) is 37.3 Å². The first-order valence-electron chi connectivity index (χ1n) is 13.6. The zero-order valence-corrected chi connectivity index (χ0v) is 23.7. The summed E-state index contributed by atoms with van der Waals surface area (Å²) in [7, 11) is 2.00. The lowest BCUT2D eigenvalue weighted by Crippen LogP contribution is -2.49. The summed E-state index contributed by atoms with van der Waals surface area (Å²) in [6.07, 6.45) is -4.76. The average molecular weight is 585 g/mol. The topological polar surface area (TPSA) is 94.1 Å². The summed E-state index contributed by atoms with van der Waals surface area (Å²) in [5.74, 6) is -0.0450. The fourth-order valence-corrected chi connectivity index (χ4v) is 4.82. The van der Waals surface area contributed by atoms with E-state index in [2.05, 4.69) is 27.7 Å². The number of fused-ring (bicyclic) bond motifs is 1. The third-order valence-corrected chi connectivity index (χ3v) is 7.18. The number of halogens is 3. The number of carbonyl (C=O) groups is 2. The van der Waals surface area contributed by atoms with Crippen LogP contribution >= 0.6 is 0 Å². The first kappa shape index (κ1) is 30.9. The summed E-state index contributed by atoms with van der Waals surface area (Å²) in [5, 5.41) is 15.0. The fraction of sp³-hybridized carbons (Fsp3) is 0.355. The van der Waals surface area contributed by atoms with Gasteiger partial charge >= 0.3 is 12.2 Å². The number of amides is 3. The van der Waals surface area contributed by atoms with E-state index in [0.717, 1.165) is 29.8 Å². The van der Waals surface area contributed by atoms with Crippen molar-refractivity contribution in [2.45, 2.75) is 38.7 Å². The van der Waals surface area contributed by atoms with Crippen LogP contribution < -0.4 is 15.4 Å². The molecule has 0 aromatic heterocycles. The second-order valence-electron chi connectivity index (χ2n) is 10.7. The third-order valence-electron chi connectivity index (χ3n) is 7.18. The van der Waals surface area contributed by atoms with E-state index in [4.69, 9.17) is 4.74 Å². The van der Waals surface area contributed by atoms with Gasteiger partial charge in [-0.2, -0.15) is 13.2 Å². The van der Waals surface area contributed by atoms with Gasteiger partial charge in [0.1, 0.15) is 11.9 Å². The van der Waals surface area contributed by atoms with Crippen LogP contribution in [0.1, 0.15) is 35.3 Å². The van der Waals surface area contributed by atoms with Gasteiger partial charge in [-0.3, -0.25) is 9.69 Å². The number of nitrogens with zero attached hydrogens (tertiary/aromatic N) is 2. The largest absolute Gasteiger partial charge is 0.488 e. The molecule has 4 rings (SSSR count). The number of carbonyl (C=O) groups excluding carboxylic acids is 2. The normalized spacial score (nSPS) is 18.0. The van der Waals surface area contributed by atoms with E-state index in [9.17, 15) is 27.9 Å². The molecule has 0 saturated carbocycles.